The Morgan fingerprint density at radius 1 is 1.05 bits per heavy atom. The molecule has 0 fully saturated rings. The van der Waals surface area contributed by atoms with E-state index in [0.29, 0.717) is 17.2 Å². The summed E-state index contributed by atoms with van der Waals surface area (Å²) >= 11 is 0. The SMILES string of the molecule is COc1cccc(-c2ncc(-c3ccc(F)nc3)o2)c1. The summed E-state index contributed by atoms with van der Waals surface area (Å²) in [5.74, 6) is 1.21. The standard InChI is InChI=1S/C15H11FN2O2/c1-19-12-4-2-3-10(7-12)15-18-9-13(20-15)11-5-6-14(16)17-8-11/h2-9H,1H3. The van der Waals surface area contributed by atoms with E-state index < -0.39 is 5.95 Å². The summed E-state index contributed by atoms with van der Waals surface area (Å²) in [4.78, 5) is 7.81. The van der Waals surface area contributed by atoms with Crippen molar-refractivity contribution in [3.8, 4) is 28.5 Å². The van der Waals surface area contributed by atoms with Crippen LogP contribution in [0.5, 0.6) is 5.75 Å². The molecule has 2 aromatic heterocycles. The van der Waals surface area contributed by atoms with Crippen LogP contribution >= 0.6 is 0 Å². The monoisotopic (exact) mass is 270 g/mol. The zero-order valence-corrected chi connectivity index (χ0v) is 10.7. The first kappa shape index (κ1) is 12.3. The Hall–Kier alpha value is -2.69. The second-order valence-electron chi connectivity index (χ2n) is 4.13. The van der Waals surface area contributed by atoms with Crippen molar-refractivity contribution in [2.75, 3.05) is 7.11 Å². The first-order valence-electron chi connectivity index (χ1n) is 5.98. The zero-order chi connectivity index (χ0) is 13.9. The fourth-order valence-corrected chi connectivity index (χ4v) is 1.82. The number of methoxy groups -OCH3 is 1. The molecule has 0 bridgehead atoms. The van der Waals surface area contributed by atoms with Gasteiger partial charge in [-0.2, -0.15) is 4.39 Å². The van der Waals surface area contributed by atoms with E-state index in [-0.39, 0.29) is 0 Å². The minimum atomic E-state index is -0.527. The number of halogens is 1. The molecule has 0 saturated heterocycles. The van der Waals surface area contributed by atoms with Gasteiger partial charge in [-0.25, -0.2) is 9.97 Å². The maximum absolute atomic E-state index is 12.8. The summed E-state index contributed by atoms with van der Waals surface area (Å²) in [7, 11) is 1.60. The fraction of sp³-hybridized carbons (Fsp3) is 0.0667. The van der Waals surface area contributed by atoms with E-state index in [0.717, 1.165) is 11.3 Å². The van der Waals surface area contributed by atoms with Gasteiger partial charge in [0.05, 0.1) is 13.3 Å². The van der Waals surface area contributed by atoms with Crippen molar-refractivity contribution in [3.05, 3.63) is 54.7 Å². The Bertz CT molecular complexity index is 723. The Morgan fingerprint density at radius 2 is 1.95 bits per heavy atom. The molecule has 0 unspecified atom stereocenters. The van der Waals surface area contributed by atoms with Crippen molar-refractivity contribution in [2.24, 2.45) is 0 Å². The summed E-state index contributed by atoms with van der Waals surface area (Å²) < 4.78 is 23.6. The Labute approximate surface area is 114 Å². The number of ether oxygens (including phenoxy) is 1. The molecule has 5 heteroatoms. The van der Waals surface area contributed by atoms with Gasteiger partial charge in [-0.05, 0) is 30.3 Å². The molecule has 0 aliphatic heterocycles. The highest BCUT2D eigenvalue weighted by atomic mass is 19.1. The van der Waals surface area contributed by atoms with E-state index >= 15 is 0 Å². The predicted molar refractivity (Wildman–Crippen MR) is 71.7 cm³/mol. The number of pyridine rings is 1. The van der Waals surface area contributed by atoms with Gasteiger partial charge < -0.3 is 9.15 Å². The van der Waals surface area contributed by atoms with Gasteiger partial charge in [0.1, 0.15) is 5.75 Å². The molecular formula is C15H11FN2O2. The second kappa shape index (κ2) is 5.13. The van der Waals surface area contributed by atoms with Gasteiger partial charge in [0.2, 0.25) is 11.8 Å². The van der Waals surface area contributed by atoms with Crippen molar-refractivity contribution in [3.63, 3.8) is 0 Å². The van der Waals surface area contributed by atoms with Crippen molar-refractivity contribution in [2.45, 2.75) is 0 Å². The fourth-order valence-electron chi connectivity index (χ4n) is 1.82. The maximum Gasteiger partial charge on any atom is 0.226 e. The van der Waals surface area contributed by atoms with Crippen molar-refractivity contribution in [1.82, 2.24) is 9.97 Å². The number of aromatic nitrogens is 2. The normalized spacial score (nSPS) is 10.5. The lowest BCUT2D eigenvalue weighted by molar-refractivity contribution is 0.415. The van der Waals surface area contributed by atoms with E-state index in [1.165, 1.54) is 12.3 Å². The lowest BCUT2D eigenvalue weighted by Gasteiger charge is -2.00. The Morgan fingerprint density at radius 3 is 2.70 bits per heavy atom. The molecule has 0 atom stereocenters. The molecule has 3 rings (SSSR count). The molecule has 0 saturated carbocycles. The minimum Gasteiger partial charge on any atom is -0.497 e. The van der Waals surface area contributed by atoms with Gasteiger partial charge in [-0.1, -0.05) is 6.07 Å². The maximum atomic E-state index is 12.8. The van der Waals surface area contributed by atoms with Crippen LogP contribution in [0.1, 0.15) is 0 Å². The van der Waals surface area contributed by atoms with E-state index in [1.54, 1.807) is 19.4 Å². The molecule has 0 radical (unpaired) electrons. The predicted octanol–water partition coefficient (Wildman–Crippen LogP) is 3.55. The number of hydrogen-bond donors (Lipinski definition) is 0. The van der Waals surface area contributed by atoms with E-state index in [1.807, 2.05) is 24.3 Å². The third kappa shape index (κ3) is 2.38. The molecule has 0 amide bonds. The minimum absolute atomic E-state index is 0.475. The summed E-state index contributed by atoms with van der Waals surface area (Å²) in [5.41, 5.74) is 1.48. The molecule has 1 aromatic carbocycles. The molecule has 0 spiro atoms. The number of hydrogen-bond acceptors (Lipinski definition) is 4. The van der Waals surface area contributed by atoms with Gasteiger partial charge in [0.25, 0.3) is 0 Å². The van der Waals surface area contributed by atoms with Crippen LogP contribution in [0.15, 0.2) is 53.2 Å². The molecule has 4 nitrogen and oxygen atoms in total. The van der Waals surface area contributed by atoms with Crippen LogP contribution in [-0.4, -0.2) is 17.1 Å². The summed E-state index contributed by atoms with van der Waals surface area (Å²) in [6.45, 7) is 0. The highest BCUT2D eigenvalue weighted by Crippen LogP contribution is 2.27. The lowest BCUT2D eigenvalue weighted by Crippen LogP contribution is -1.83. The molecule has 3 aromatic rings. The van der Waals surface area contributed by atoms with E-state index in [2.05, 4.69) is 9.97 Å². The van der Waals surface area contributed by atoms with Crippen molar-refractivity contribution >= 4 is 0 Å². The van der Waals surface area contributed by atoms with Crippen molar-refractivity contribution in [1.29, 1.82) is 0 Å². The summed E-state index contributed by atoms with van der Waals surface area (Å²) in [6.07, 6.45) is 2.99. The smallest absolute Gasteiger partial charge is 0.226 e. The molecule has 0 aliphatic carbocycles. The van der Waals surface area contributed by atoms with Crippen LogP contribution in [-0.2, 0) is 0 Å². The van der Waals surface area contributed by atoms with Crippen LogP contribution in [0.3, 0.4) is 0 Å². The first-order valence-corrected chi connectivity index (χ1v) is 5.98. The summed E-state index contributed by atoms with van der Waals surface area (Å²) in [5, 5.41) is 0. The summed E-state index contributed by atoms with van der Waals surface area (Å²) in [6, 6.07) is 10.3. The largest absolute Gasteiger partial charge is 0.497 e. The van der Waals surface area contributed by atoms with Gasteiger partial charge >= 0.3 is 0 Å². The molecular weight excluding hydrogens is 259 g/mol. The highest BCUT2D eigenvalue weighted by molar-refractivity contribution is 5.61. The van der Waals surface area contributed by atoms with Crippen LogP contribution in [0.4, 0.5) is 4.39 Å². The van der Waals surface area contributed by atoms with Crippen LogP contribution < -0.4 is 4.74 Å². The third-order valence-electron chi connectivity index (χ3n) is 2.83. The molecule has 0 N–H and O–H groups in total. The Kier molecular flexibility index (Phi) is 3.16. The van der Waals surface area contributed by atoms with Gasteiger partial charge in [-0.3, -0.25) is 0 Å². The molecule has 100 valence electrons. The Balaban J connectivity index is 1.95. The van der Waals surface area contributed by atoms with E-state index in [4.69, 9.17) is 9.15 Å². The average Bonchev–Trinajstić information content (AvgIpc) is 2.98. The number of benzene rings is 1. The topological polar surface area (TPSA) is 48.2 Å². The third-order valence-corrected chi connectivity index (χ3v) is 2.83. The zero-order valence-electron chi connectivity index (χ0n) is 10.7. The molecule has 20 heavy (non-hydrogen) atoms. The number of rotatable bonds is 3. The van der Waals surface area contributed by atoms with Gasteiger partial charge in [-0.15, -0.1) is 0 Å². The highest BCUT2D eigenvalue weighted by Gasteiger charge is 2.09. The number of nitrogens with zero attached hydrogens (tertiary/aromatic N) is 2. The van der Waals surface area contributed by atoms with Crippen LogP contribution in [0.25, 0.3) is 22.8 Å². The quantitative estimate of drug-likeness (QED) is 0.683. The van der Waals surface area contributed by atoms with E-state index in [9.17, 15) is 4.39 Å². The number of oxazole rings is 1. The van der Waals surface area contributed by atoms with Gasteiger partial charge in [0.15, 0.2) is 5.76 Å². The second-order valence-corrected chi connectivity index (χ2v) is 4.13. The van der Waals surface area contributed by atoms with Crippen LogP contribution in [0, 0.1) is 5.95 Å². The van der Waals surface area contributed by atoms with Gasteiger partial charge in [0, 0.05) is 17.3 Å². The lowest BCUT2D eigenvalue weighted by atomic mass is 10.2. The van der Waals surface area contributed by atoms with Crippen LogP contribution in [0.2, 0.25) is 0 Å². The average molecular weight is 270 g/mol. The van der Waals surface area contributed by atoms with Crippen molar-refractivity contribution < 1.29 is 13.5 Å². The molecule has 0 aliphatic rings. The molecule has 2 heterocycles. The first-order chi connectivity index (χ1) is 9.76.